The van der Waals surface area contributed by atoms with Crippen molar-refractivity contribution in [2.45, 2.75) is 32.6 Å². The lowest BCUT2D eigenvalue weighted by Gasteiger charge is -2.15. The SMILES string of the molecule is Cc1c(CS(C)=O)cccc1NC(C)C. The smallest absolute Gasteiger partial charge is 0.0486 e. The van der Waals surface area contributed by atoms with Crippen molar-refractivity contribution in [2.75, 3.05) is 11.6 Å². The van der Waals surface area contributed by atoms with Gasteiger partial charge in [-0.05, 0) is 38.0 Å². The Morgan fingerprint density at radius 2 is 2.07 bits per heavy atom. The van der Waals surface area contributed by atoms with Crippen LogP contribution in [0.5, 0.6) is 0 Å². The first-order valence-electron chi connectivity index (χ1n) is 5.15. The summed E-state index contributed by atoms with van der Waals surface area (Å²) in [5.74, 6) is 0.638. The molecular weight excluding hydrogens is 206 g/mol. The number of anilines is 1. The Labute approximate surface area is 94.5 Å². The Morgan fingerprint density at radius 1 is 1.40 bits per heavy atom. The zero-order valence-electron chi connectivity index (χ0n) is 9.83. The number of benzene rings is 1. The molecule has 1 rings (SSSR count). The molecule has 0 fully saturated rings. The molecule has 0 heterocycles. The van der Waals surface area contributed by atoms with Crippen LogP contribution in [-0.4, -0.2) is 16.5 Å². The number of hydrogen-bond donors (Lipinski definition) is 1. The van der Waals surface area contributed by atoms with Gasteiger partial charge in [0.1, 0.15) is 0 Å². The Balaban J connectivity index is 2.95. The van der Waals surface area contributed by atoms with Gasteiger partial charge in [0, 0.05) is 34.5 Å². The maximum Gasteiger partial charge on any atom is 0.0486 e. The van der Waals surface area contributed by atoms with Gasteiger partial charge in [0.25, 0.3) is 0 Å². The molecule has 0 bridgehead atoms. The average Bonchev–Trinajstić information content (AvgIpc) is 2.10. The molecule has 0 aliphatic heterocycles. The van der Waals surface area contributed by atoms with Crippen LogP contribution in [0.25, 0.3) is 0 Å². The zero-order chi connectivity index (χ0) is 11.4. The van der Waals surface area contributed by atoms with Crippen LogP contribution in [-0.2, 0) is 16.6 Å². The van der Waals surface area contributed by atoms with Gasteiger partial charge < -0.3 is 5.32 Å². The Kier molecular flexibility index (Phi) is 4.33. The quantitative estimate of drug-likeness (QED) is 0.853. The Bertz CT molecular complexity index is 361. The first-order chi connectivity index (χ1) is 7.00. The van der Waals surface area contributed by atoms with E-state index in [4.69, 9.17) is 0 Å². The first-order valence-corrected chi connectivity index (χ1v) is 6.88. The summed E-state index contributed by atoms with van der Waals surface area (Å²) < 4.78 is 11.2. The zero-order valence-corrected chi connectivity index (χ0v) is 10.6. The van der Waals surface area contributed by atoms with E-state index >= 15 is 0 Å². The summed E-state index contributed by atoms with van der Waals surface area (Å²) in [6, 6.07) is 6.55. The third-order valence-electron chi connectivity index (χ3n) is 2.25. The molecule has 0 radical (unpaired) electrons. The Hall–Kier alpha value is -0.830. The predicted octanol–water partition coefficient (Wildman–Crippen LogP) is 2.69. The lowest BCUT2D eigenvalue weighted by atomic mass is 10.1. The second kappa shape index (κ2) is 5.31. The van der Waals surface area contributed by atoms with E-state index in [1.165, 1.54) is 11.1 Å². The van der Waals surface area contributed by atoms with Crippen molar-refractivity contribution in [1.82, 2.24) is 0 Å². The molecule has 0 spiro atoms. The molecule has 1 atom stereocenters. The lowest BCUT2D eigenvalue weighted by molar-refractivity contribution is 0.686. The van der Waals surface area contributed by atoms with Crippen LogP contribution in [0.4, 0.5) is 5.69 Å². The highest BCUT2D eigenvalue weighted by molar-refractivity contribution is 7.83. The molecule has 0 saturated carbocycles. The van der Waals surface area contributed by atoms with Crippen LogP contribution in [0, 0.1) is 6.92 Å². The summed E-state index contributed by atoms with van der Waals surface area (Å²) in [6.45, 7) is 6.31. The molecule has 1 N–H and O–H groups in total. The highest BCUT2D eigenvalue weighted by Gasteiger charge is 2.05. The minimum Gasteiger partial charge on any atom is -0.383 e. The summed E-state index contributed by atoms with van der Waals surface area (Å²) in [7, 11) is -0.776. The number of rotatable bonds is 4. The van der Waals surface area contributed by atoms with Crippen LogP contribution in [0.2, 0.25) is 0 Å². The summed E-state index contributed by atoms with van der Waals surface area (Å²) in [5.41, 5.74) is 3.52. The van der Waals surface area contributed by atoms with Crippen molar-refractivity contribution >= 4 is 16.5 Å². The minimum atomic E-state index is -0.776. The Morgan fingerprint density at radius 3 is 2.60 bits per heavy atom. The molecule has 84 valence electrons. The highest BCUT2D eigenvalue weighted by Crippen LogP contribution is 2.20. The fourth-order valence-electron chi connectivity index (χ4n) is 1.53. The lowest BCUT2D eigenvalue weighted by Crippen LogP contribution is -2.11. The van der Waals surface area contributed by atoms with Crippen molar-refractivity contribution in [3.63, 3.8) is 0 Å². The molecular formula is C12H19NOS. The second-order valence-electron chi connectivity index (χ2n) is 4.11. The first kappa shape index (κ1) is 12.2. The van der Waals surface area contributed by atoms with Crippen LogP contribution in [0.15, 0.2) is 18.2 Å². The number of hydrogen-bond acceptors (Lipinski definition) is 2. The van der Waals surface area contributed by atoms with Crippen molar-refractivity contribution in [3.05, 3.63) is 29.3 Å². The maximum absolute atomic E-state index is 11.2. The molecule has 0 aliphatic rings. The van der Waals surface area contributed by atoms with Crippen LogP contribution in [0.3, 0.4) is 0 Å². The van der Waals surface area contributed by atoms with Crippen LogP contribution in [0.1, 0.15) is 25.0 Å². The molecule has 0 aromatic heterocycles. The normalized spacial score (nSPS) is 12.9. The van der Waals surface area contributed by atoms with E-state index in [1.54, 1.807) is 6.26 Å². The fourth-order valence-corrected chi connectivity index (χ4v) is 2.28. The highest BCUT2D eigenvalue weighted by atomic mass is 32.2. The molecule has 0 aliphatic carbocycles. The summed E-state index contributed by atoms with van der Waals surface area (Å²) >= 11 is 0. The summed E-state index contributed by atoms with van der Waals surface area (Å²) in [4.78, 5) is 0. The summed E-state index contributed by atoms with van der Waals surface area (Å²) in [5, 5.41) is 3.39. The largest absolute Gasteiger partial charge is 0.383 e. The average molecular weight is 225 g/mol. The van der Waals surface area contributed by atoms with Gasteiger partial charge in [-0.25, -0.2) is 0 Å². The monoisotopic (exact) mass is 225 g/mol. The van der Waals surface area contributed by atoms with Gasteiger partial charge in [0.2, 0.25) is 0 Å². The third-order valence-corrected chi connectivity index (χ3v) is 2.97. The van der Waals surface area contributed by atoms with Gasteiger partial charge in [-0.3, -0.25) is 4.21 Å². The molecule has 1 aromatic carbocycles. The minimum absolute atomic E-state index is 0.422. The van der Waals surface area contributed by atoms with E-state index in [0.29, 0.717) is 11.8 Å². The number of nitrogens with one attached hydrogen (secondary N) is 1. The molecule has 0 amide bonds. The second-order valence-corrected chi connectivity index (χ2v) is 5.54. The van der Waals surface area contributed by atoms with Crippen molar-refractivity contribution < 1.29 is 4.21 Å². The van der Waals surface area contributed by atoms with Gasteiger partial charge in [-0.2, -0.15) is 0 Å². The van der Waals surface area contributed by atoms with Gasteiger partial charge in [0.15, 0.2) is 0 Å². The molecule has 15 heavy (non-hydrogen) atoms. The van der Waals surface area contributed by atoms with Gasteiger partial charge >= 0.3 is 0 Å². The van der Waals surface area contributed by atoms with Crippen molar-refractivity contribution in [3.8, 4) is 0 Å². The van der Waals surface area contributed by atoms with Crippen LogP contribution >= 0.6 is 0 Å². The van der Waals surface area contributed by atoms with E-state index in [0.717, 1.165) is 5.69 Å². The summed E-state index contributed by atoms with van der Waals surface area (Å²) in [6.07, 6.45) is 1.74. The molecule has 1 aromatic rings. The molecule has 1 unspecified atom stereocenters. The van der Waals surface area contributed by atoms with E-state index in [2.05, 4.69) is 32.2 Å². The van der Waals surface area contributed by atoms with Crippen LogP contribution < -0.4 is 5.32 Å². The van der Waals surface area contributed by atoms with Gasteiger partial charge in [-0.15, -0.1) is 0 Å². The van der Waals surface area contributed by atoms with E-state index in [1.807, 2.05) is 12.1 Å². The third kappa shape index (κ3) is 3.67. The van der Waals surface area contributed by atoms with Crippen molar-refractivity contribution in [1.29, 1.82) is 0 Å². The predicted molar refractivity (Wildman–Crippen MR) is 67.7 cm³/mol. The topological polar surface area (TPSA) is 29.1 Å². The van der Waals surface area contributed by atoms with Crippen molar-refractivity contribution in [2.24, 2.45) is 0 Å². The van der Waals surface area contributed by atoms with E-state index < -0.39 is 10.8 Å². The molecule has 2 nitrogen and oxygen atoms in total. The maximum atomic E-state index is 11.2. The van der Waals surface area contributed by atoms with Gasteiger partial charge in [0.05, 0.1) is 0 Å². The van der Waals surface area contributed by atoms with E-state index in [9.17, 15) is 4.21 Å². The standard InChI is InChI=1S/C12H19NOS/c1-9(2)13-12-7-5-6-11(10(12)3)8-15(4)14/h5-7,9,13H,8H2,1-4H3. The molecule has 3 heteroatoms. The fraction of sp³-hybridized carbons (Fsp3) is 0.500. The van der Waals surface area contributed by atoms with E-state index in [-0.39, 0.29) is 0 Å². The molecule has 0 saturated heterocycles. The van der Waals surface area contributed by atoms with Gasteiger partial charge in [-0.1, -0.05) is 12.1 Å².